The quantitative estimate of drug-likeness (QED) is 0.769. The predicted octanol–water partition coefficient (Wildman–Crippen LogP) is 3.42. The first-order chi connectivity index (χ1) is 10.0. The Morgan fingerprint density at radius 2 is 1.86 bits per heavy atom. The number of alkyl halides is 1. The zero-order chi connectivity index (χ0) is 15.3. The SMILES string of the molecule is CSC1(CNS(=O)(=O)c2ccc(CCCl)cc2)CCCC1. The van der Waals surface area contributed by atoms with Crippen LogP contribution in [0.15, 0.2) is 29.2 Å². The maximum atomic E-state index is 12.4. The fourth-order valence-electron chi connectivity index (χ4n) is 2.73. The highest BCUT2D eigenvalue weighted by atomic mass is 35.5. The van der Waals surface area contributed by atoms with Crippen molar-refractivity contribution in [3.8, 4) is 0 Å². The molecule has 1 fully saturated rings. The Labute approximate surface area is 136 Å². The largest absolute Gasteiger partial charge is 0.240 e. The van der Waals surface area contributed by atoms with E-state index in [-0.39, 0.29) is 4.75 Å². The van der Waals surface area contributed by atoms with E-state index in [0.717, 1.165) is 24.8 Å². The van der Waals surface area contributed by atoms with Gasteiger partial charge in [-0.05, 0) is 43.2 Å². The summed E-state index contributed by atoms with van der Waals surface area (Å²) in [7, 11) is -3.42. The molecule has 0 spiro atoms. The number of nitrogens with one attached hydrogen (secondary N) is 1. The Morgan fingerprint density at radius 3 is 2.38 bits per heavy atom. The van der Waals surface area contributed by atoms with E-state index < -0.39 is 10.0 Å². The van der Waals surface area contributed by atoms with Crippen LogP contribution in [0.2, 0.25) is 0 Å². The number of halogens is 1. The van der Waals surface area contributed by atoms with Gasteiger partial charge >= 0.3 is 0 Å². The van der Waals surface area contributed by atoms with Gasteiger partial charge in [-0.15, -0.1) is 11.6 Å². The minimum absolute atomic E-state index is 0.0750. The van der Waals surface area contributed by atoms with Crippen LogP contribution in [0, 0.1) is 0 Å². The maximum Gasteiger partial charge on any atom is 0.240 e. The van der Waals surface area contributed by atoms with Gasteiger partial charge in [-0.25, -0.2) is 13.1 Å². The predicted molar refractivity (Wildman–Crippen MR) is 90.8 cm³/mol. The Bertz CT molecular complexity index is 552. The number of aryl methyl sites for hydroxylation is 1. The number of benzene rings is 1. The molecule has 3 nitrogen and oxygen atoms in total. The van der Waals surface area contributed by atoms with Crippen molar-refractivity contribution in [2.24, 2.45) is 0 Å². The second kappa shape index (κ2) is 7.36. The number of thioether (sulfide) groups is 1. The van der Waals surface area contributed by atoms with Crippen molar-refractivity contribution in [2.75, 3.05) is 18.7 Å². The summed E-state index contributed by atoms with van der Waals surface area (Å²) < 4.78 is 27.6. The van der Waals surface area contributed by atoms with E-state index in [2.05, 4.69) is 11.0 Å². The molecule has 0 heterocycles. The second-order valence-corrected chi connectivity index (χ2v) is 8.92. The van der Waals surface area contributed by atoms with Crippen molar-refractivity contribution in [1.29, 1.82) is 0 Å². The maximum absolute atomic E-state index is 12.4. The van der Waals surface area contributed by atoms with Crippen LogP contribution in [-0.2, 0) is 16.4 Å². The molecule has 2 rings (SSSR count). The molecule has 1 aromatic carbocycles. The van der Waals surface area contributed by atoms with Crippen molar-refractivity contribution in [1.82, 2.24) is 4.72 Å². The Morgan fingerprint density at radius 1 is 1.24 bits per heavy atom. The molecule has 1 saturated carbocycles. The average Bonchev–Trinajstić information content (AvgIpc) is 2.96. The highest BCUT2D eigenvalue weighted by molar-refractivity contribution is 8.00. The van der Waals surface area contributed by atoms with Gasteiger partial charge in [0.2, 0.25) is 10.0 Å². The third kappa shape index (κ3) is 4.38. The minimum Gasteiger partial charge on any atom is -0.210 e. The van der Waals surface area contributed by atoms with Crippen LogP contribution >= 0.6 is 23.4 Å². The molecule has 1 aromatic rings. The van der Waals surface area contributed by atoms with Crippen molar-refractivity contribution in [2.45, 2.75) is 41.7 Å². The minimum atomic E-state index is -3.42. The van der Waals surface area contributed by atoms with Gasteiger partial charge in [0.25, 0.3) is 0 Å². The standard InChI is InChI=1S/C15H22ClNO2S2/c1-20-15(9-2-3-10-15)12-17-21(18,19)14-6-4-13(5-7-14)8-11-16/h4-7,17H,2-3,8-12H2,1H3. The molecular formula is C15H22ClNO2S2. The van der Waals surface area contributed by atoms with Gasteiger partial charge in [0.05, 0.1) is 4.90 Å². The molecule has 0 aromatic heterocycles. The molecule has 0 saturated heterocycles. The Kier molecular flexibility index (Phi) is 6.00. The van der Waals surface area contributed by atoms with Gasteiger partial charge in [0, 0.05) is 17.2 Å². The molecular weight excluding hydrogens is 326 g/mol. The van der Waals surface area contributed by atoms with Crippen molar-refractivity contribution < 1.29 is 8.42 Å². The van der Waals surface area contributed by atoms with E-state index in [9.17, 15) is 8.42 Å². The van der Waals surface area contributed by atoms with Gasteiger partial charge in [-0.1, -0.05) is 25.0 Å². The lowest BCUT2D eigenvalue weighted by Gasteiger charge is -2.26. The topological polar surface area (TPSA) is 46.2 Å². The van der Waals surface area contributed by atoms with Crippen molar-refractivity contribution >= 4 is 33.4 Å². The lowest BCUT2D eigenvalue weighted by molar-refractivity contribution is 0.551. The zero-order valence-corrected chi connectivity index (χ0v) is 14.7. The van der Waals surface area contributed by atoms with Crippen LogP contribution in [0.1, 0.15) is 31.2 Å². The summed E-state index contributed by atoms with van der Waals surface area (Å²) in [4.78, 5) is 0.329. The Balaban J connectivity index is 2.04. The molecule has 1 aliphatic rings. The fourth-order valence-corrected chi connectivity index (χ4v) is 5.08. The van der Waals surface area contributed by atoms with Crippen LogP contribution in [0.5, 0.6) is 0 Å². The summed E-state index contributed by atoms with van der Waals surface area (Å²) >= 11 is 7.47. The number of hydrogen-bond acceptors (Lipinski definition) is 3. The molecule has 118 valence electrons. The first kappa shape index (κ1) is 17.1. The lowest BCUT2D eigenvalue weighted by Crippen LogP contribution is -2.38. The normalized spacial score (nSPS) is 18.0. The second-order valence-electron chi connectivity index (χ2n) is 5.50. The van der Waals surface area contributed by atoms with Crippen LogP contribution in [0.3, 0.4) is 0 Å². The van der Waals surface area contributed by atoms with E-state index in [4.69, 9.17) is 11.6 Å². The number of sulfonamides is 1. The summed E-state index contributed by atoms with van der Waals surface area (Å²) in [6, 6.07) is 6.98. The van der Waals surface area contributed by atoms with Gasteiger partial charge in [0.15, 0.2) is 0 Å². The third-order valence-electron chi connectivity index (χ3n) is 4.15. The third-order valence-corrected chi connectivity index (χ3v) is 7.17. The van der Waals surface area contributed by atoms with E-state index in [1.807, 2.05) is 12.1 Å². The molecule has 0 bridgehead atoms. The van der Waals surface area contributed by atoms with E-state index in [1.54, 1.807) is 23.9 Å². The molecule has 1 N–H and O–H groups in total. The zero-order valence-electron chi connectivity index (χ0n) is 12.3. The summed E-state index contributed by atoms with van der Waals surface area (Å²) in [5, 5.41) is 0. The van der Waals surface area contributed by atoms with E-state index in [1.165, 1.54) is 12.8 Å². The molecule has 1 aliphatic carbocycles. The van der Waals surface area contributed by atoms with Crippen LogP contribution in [0.25, 0.3) is 0 Å². The summed E-state index contributed by atoms with van der Waals surface area (Å²) in [5.74, 6) is 0.542. The fraction of sp³-hybridized carbons (Fsp3) is 0.600. The summed E-state index contributed by atoms with van der Waals surface area (Å²) in [6.45, 7) is 0.514. The number of rotatable bonds is 7. The lowest BCUT2D eigenvalue weighted by atomic mass is 10.1. The van der Waals surface area contributed by atoms with Crippen molar-refractivity contribution in [3.63, 3.8) is 0 Å². The van der Waals surface area contributed by atoms with E-state index >= 15 is 0 Å². The molecule has 0 unspecified atom stereocenters. The highest BCUT2D eigenvalue weighted by Gasteiger charge is 2.34. The van der Waals surface area contributed by atoms with Gasteiger partial charge in [-0.2, -0.15) is 11.8 Å². The van der Waals surface area contributed by atoms with Gasteiger partial charge < -0.3 is 0 Å². The first-order valence-corrected chi connectivity index (χ1v) is 10.5. The molecule has 0 aliphatic heterocycles. The van der Waals surface area contributed by atoms with Crippen LogP contribution in [-0.4, -0.2) is 31.8 Å². The van der Waals surface area contributed by atoms with Gasteiger partial charge in [0.1, 0.15) is 0 Å². The van der Waals surface area contributed by atoms with Crippen LogP contribution < -0.4 is 4.72 Å². The van der Waals surface area contributed by atoms with Gasteiger partial charge in [-0.3, -0.25) is 0 Å². The smallest absolute Gasteiger partial charge is 0.210 e. The van der Waals surface area contributed by atoms with E-state index in [0.29, 0.717) is 17.3 Å². The summed E-state index contributed by atoms with van der Waals surface area (Å²) in [6.07, 6.45) is 7.38. The highest BCUT2D eigenvalue weighted by Crippen LogP contribution is 2.39. The molecule has 0 atom stereocenters. The average molecular weight is 348 g/mol. The molecule has 21 heavy (non-hydrogen) atoms. The molecule has 0 amide bonds. The molecule has 0 radical (unpaired) electrons. The first-order valence-electron chi connectivity index (χ1n) is 7.21. The monoisotopic (exact) mass is 347 g/mol. The van der Waals surface area contributed by atoms with Crippen LogP contribution in [0.4, 0.5) is 0 Å². The summed E-state index contributed by atoms with van der Waals surface area (Å²) in [5.41, 5.74) is 1.06. The number of hydrogen-bond donors (Lipinski definition) is 1. The Hall–Kier alpha value is -0.230. The van der Waals surface area contributed by atoms with Crippen molar-refractivity contribution in [3.05, 3.63) is 29.8 Å². The molecule has 6 heteroatoms.